The highest BCUT2D eigenvalue weighted by molar-refractivity contribution is 6.22. The molecular weight excluding hydrogens is 849 g/mol. The van der Waals surface area contributed by atoms with Crippen molar-refractivity contribution >= 4 is 93.1 Å². The average molecular weight is 889 g/mol. The highest BCUT2D eigenvalue weighted by Crippen LogP contribution is 2.63. The van der Waals surface area contributed by atoms with E-state index in [1.807, 2.05) is 6.07 Å². The molecule has 2 heterocycles. The van der Waals surface area contributed by atoms with E-state index in [1.54, 1.807) is 0 Å². The molecule has 0 atom stereocenters. The topological polar surface area (TPSA) is 21.3 Å². The van der Waals surface area contributed by atoms with Crippen LogP contribution in [0.25, 0.3) is 104 Å². The van der Waals surface area contributed by atoms with Crippen LogP contribution in [-0.4, -0.2) is 4.57 Å². The van der Waals surface area contributed by atoms with Crippen molar-refractivity contribution in [3.05, 3.63) is 265 Å². The van der Waals surface area contributed by atoms with Gasteiger partial charge in [0.1, 0.15) is 11.2 Å². The fraction of sp³-hybridized carbons (Fsp3) is 0.0149. The fourth-order valence-corrected chi connectivity index (χ4v) is 13.0. The van der Waals surface area contributed by atoms with Crippen molar-refractivity contribution < 1.29 is 4.42 Å². The molecule has 2 aliphatic rings. The smallest absolute Gasteiger partial charge is 0.137 e. The van der Waals surface area contributed by atoms with Gasteiger partial charge >= 0.3 is 0 Å². The van der Waals surface area contributed by atoms with E-state index in [9.17, 15) is 0 Å². The van der Waals surface area contributed by atoms with Gasteiger partial charge in [0, 0.05) is 44.4 Å². The molecule has 0 saturated carbocycles. The number of rotatable bonds is 4. The lowest BCUT2D eigenvalue weighted by atomic mass is 9.70. The molecule has 2 aliphatic carbocycles. The molecular formula is C67H40N2O. The zero-order valence-corrected chi connectivity index (χ0v) is 37.9. The minimum atomic E-state index is -0.433. The molecule has 3 nitrogen and oxygen atoms in total. The molecule has 0 amide bonds. The summed E-state index contributed by atoms with van der Waals surface area (Å²) in [6.45, 7) is 0. The standard InChI is InChI=1S/C67H40N2O/c1-2-16-44-41(15-1)31-34-47-45-22-13-27-60(51(45)37-36-46(44)47)68(42-33-38-59-55(39-42)50-19-5-10-25-58(50)67(59)56-23-8-3-17-48(56)49-18-4-9-24-57(49)67)62-28-14-29-63-66(62)54-21-6-11-26-61(54)69(63)43-32-35-53-52-20-7-12-30-64(52)70-65(53)40-43/h1-40H. The fourth-order valence-electron chi connectivity index (χ4n) is 13.0. The van der Waals surface area contributed by atoms with Gasteiger partial charge in [0.2, 0.25) is 0 Å². The van der Waals surface area contributed by atoms with Gasteiger partial charge in [-0.15, -0.1) is 0 Å². The molecule has 12 aromatic carbocycles. The Kier molecular flexibility index (Phi) is 7.54. The Bertz CT molecular complexity index is 4520. The van der Waals surface area contributed by atoms with Gasteiger partial charge in [0.05, 0.1) is 27.8 Å². The van der Waals surface area contributed by atoms with Crippen LogP contribution in [0.5, 0.6) is 0 Å². The van der Waals surface area contributed by atoms with Crippen LogP contribution in [0.2, 0.25) is 0 Å². The van der Waals surface area contributed by atoms with Gasteiger partial charge < -0.3 is 13.9 Å². The summed E-state index contributed by atoms with van der Waals surface area (Å²) >= 11 is 0. The van der Waals surface area contributed by atoms with Crippen LogP contribution in [0.1, 0.15) is 22.3 Å². The summed E-state index contributed by atoms with van der Waals surface area (Å²) in [4.78, 5) is 2.54. The molecule has 0 fully saturated rings. The maximum Gasteiger partial charge on any atom is 0.137 e. The SMILES string of the molecule is c1ccc2c(c1)-c1ccccc1C21c2ccccc2-c2cc(N(c3cccc4c3ccc3c5ccccc5ccc43)c3cccc4c3c3ccccc3n4-c3ccc4c(c3)oc3ccccc34)ccc21. The quantitative estimate of drug-likeness (QED) is 0.164. The van der Waals surface area contributed by atoms with Gasteiger partial charge in [0.25, 0.3) is 0 Å². The molecule has 2 aromatic heterocycles. The number of nitrogens with zero attached hydrogens (tertiary/aromatic N) is 2. The highest BCUT2D eigenvalue weighted by Gasteiger charge is 2.51. The number of furan rings is 1. The van der Waals surface area contributed by atoms with Crippen molar-refractivity contribution in [2.45, 2.75) is 5.41 Å². The van der Waals surface area contributed by atoms with Crippen molar-refractivity contribution in [1.29, 1.82) is 0 Å². The molecule has 70 heavy (non-hydrogen) atoms. The Morgan fingerprint density at radius 1 is 0.329 bits per heavy atom. The monoisotopic (exact) mass is 888 g/mol. The van der Waals surface area contributed by atoms with E-state index in [2.05, 4.69) is 246 Å². The van der Waals surface area contributed by atoms with Gasteiger partial charge in [0.15, 0.2) is 0 Å². The van der Waals surface area contributed by atoms with Crippen LogP contribution < -0.4 is 4.90 Å². The second kappa shape index (κ2) is 13.9. The van der Waals surface area contributed by atoms with E-state index in [1.165, 1.54) is 87.6 Å². The average Bonchev–Trinajstić information content (AvgIpc) is 4.15. The second-order valence-corrected chi connectivity index (χ2v) is 19.1. The van der Waals surface area contributed by atoms with Gasteiger partial charge in [-0.1, -0.05) is 182 Å². The molecule has 0 saturated heterocycles. The molecule has 324 valence electrons. The first-order chi connectivity index (χ1) is 34.7. The number of aromatic nitrogens is 1. The van der Waals surface area contributed by atoms with Crippen molar-refractivity contribution in [1.82, 2.24) is 4.57 Å². The van der Waals surface area contributed by atoms with Crippen LogP contribution in [-0.2, 0) is 5.41 Å². The van der Waals surface area contributed by atoms with Crippen LogP contribution in [0, 0.1) is 0 Å². The minimum Gasteiger partial charge on any atom is -0.456 e. The largest absolute Gasteiger partial charge is 0.456 e. The molecule has 0 bridgehead atoms. The third-order valence-electron chi connectivity index (χ3n) is 15.8. The molecule has 0 N–H and O–H groups in total. The molecule has 1 spiro atoms. The van der Waals surface area contributed by atoms with E-state index in [4.69, 9.17) is 4.42 Å². The third-order valence-corrected chi connectivity index (χ3v) is 15.8. The lowest BCUT2D eigenvalue weighted by Gasteiger charge is -2.31. The number of fused-ring (bicyclic) bond motifs is 21. The van der Waals surface area contributed by atoms with Crippen molar-refractivity contribution in [2.75, 3.05) is 4.90 Å². The maximum atomic E-state index is 6.50. The summed E-state index contributed by atoms with van der Waals surface area (Å²) in [7, 11) is 0. The van der Waals surface area contributed by atoms with Crippen LogP contribution >= 0.6 is 0 Å². The number of benzene rings is 12. The second-order valence-electron chi connectivity index (χ2n) is 19.1. The number of hydrogen-bond donors (Lipinski definition) is 0. The van der Waals surface area contributed by atoms with Gasteiger partial charge in [-0.25, -0.2) is 0 Å². The van der Waals surface area contributed by atoms with Crippen LogP contribution in [0.15, 0.2) is 247 Å². The first-order valence-corrected chi connectivity index (χ1v) is 24.2. The molecule has 0 unspecified atom stereocenters. The van der Waals surface area contributed by atoms with E-state index in [0.717, 1.165) is 55.7 Å². The predicted molar refractivity (Wildman–Crippen MR) is 292 cm³/mol. The summed E-state index contributed by atoms with van der Waals surface area (Å²) in [5, 5.41) is 12.1. The zero-order chi connectivity index (χ0) is 45.7. The van der Waals surface area contributed by atoms with Gasteiger partial charge in [-0.05, 0) is 126 Å². The van der Waals surface area contributed by atoms with E-state index < -0.39 is 5.41 Å². The Hall–Kier alpha value is -9.18. The molecule has 0 aliphatic heterocycles. The summed E-state index contributed by atoms with van der Waals surface area (Å²) in [5.41, 5.74) is 18.5. The lowest BCUT2D eigenvalue weighted by molar-refractivity contribution is 0.668. The minimum absolute atomic E-state index is 0.433. The van der Waals surface area contributed by atoms with E-state index in [0.29, 0.717) is 0 Å². The lowest BCUT2D eigenvalue weighted by Crippen LogP contribution is -2.25. The number of anilines is 3. The van der Waals surface area contributed by atoms with E-state index >= 15 is 0 Å². The third kappa shape index (κ3) is 4.88. The first-order valence-electron chi connectivity index (χ1n) is 24.2. The molecule has 3 heteroatoms. The Balaban J connectivity index is 0.988. The maximum absolute atomic E-state index is 6.50. The first kappa shape index (κ1) is 37.9. The summed E-state index contributed by atoms with van der Waals surface area (Å²) < 4.78 is 8.92. The highest BCUT2D eigenvalue weighted by atomic mass is 16.3. The predicted octanol–water partition coefficient (Wildman–Crippen LogP) is 18.0. The number of para-hydroxylation sites is 2. The Morgan fingerprint density at radius 2 is 0.871 bits per heavy atom. The number of hydrogen-bond acceptors (Lipinski definition) is 2. The van der Waals surface area contributed by atoms with Gasteiger partial charge in [-0.2, -0.15) is 0 Å². The van der Waals surface area contributed by atoms with Crippen molar-refractivity contribution in [3.63, 3.8) is 0 Å². The molecule has 16 rings (SSSR count). The van der Waals surface area contributed by atoms with Crippen LogP contribution in [0.3, 0.4) is 0 Å². The van der Waals surface area contributed by atoms with Gasteiger partial charge in [-0.3, -0.25) is 0 Å². The summed E-state index contributed by atoms with van der Waals surface area (Å²) in [5.74, 6) is 0. The molecule has 0 radical (unpaired) electrons. The van der Waals surface area contributed by atoms with Crippen LogP contribution in [0.4, 0.5) is 17.1 Å². The Morgan fingerprint density at radius 3 is 1.69 bits per heavy atom. The molecule has 14 aromatic rings. The Labute approximate surface area is 403 Å². The van der Waals surface area contributed by atoms with E-state index in [-0.39, 0.29) is 0 Å². The normalized spacial score (nSPS) is 13.3. The summed E-state index contributed by atoms with van der Waals surface area (Å²) in [6.07, 6.45) is 0. The van der Waals surface area contributed by atoms with Crippen molar-refractivity contribution in [2.24, 2.45) is 0 Å². The summed E-state index contributed by atoms with van der Waals surface area (Å²) in [6, 6.07) is 90.1. The van der Waals surface area contributed by atoms with Crippen molar-refractivity contribution in [3.8, 4) is 27.9 Å². The zero-order valence-electron chi connectivity index (χ0n) is 37.9.